The molecule has 0 radical (unpaired) electrons. The summed E-state index contributed by atoms with van der Waals surface area (Å²) in [5, 5.41) is 11.0. The summed E-state index contributed by atoms with van der Waals surface area (Å²) in [6.45, 7) is 12.9. The fourth-order valence-electron chi connectivity index (χ4n) is 3.41. The molecule has 0 spiro atoms. The summed E-state index contributed by atoms with van der Waals surface area (Å²) in [5.74, 6) is 1.68. The lowest BCUT2D eigenvalue weighted by Gasteiger charge is -2.21. The number of benzene rings is 2. The second-order valence-corrected chi connectivity index (χ2v) is 10.2. The van der Waals surface area contributed by atoms with E-state index in [-0.39, 0.29) is 26.4 Å². The summed E-state index contributed by atoms with van der Waals surface area (Å²) in [6.07, 6.45) is -0.971. The maximum atomic E-state index is 12.6. The van der Waals surface area contributed by atoms with Gasteiger partial charge >= 0.3 is 7.60 Å². The van der Waals surface area contributed by atoms with Gasteiger partial charge in [-0.1, -0.05) is 26.0 Å². The van der Waals surface area contributed by atoms with Crippen LogP contribution in [0.2, 0.25) is 0 Å². The minimum Gasteiger partial charge on any atom is -0.481 e. The molecule has 1 unspecified atom stereocenters. The number of aliphatic hydroxyl groups is 1. The molecule has 2 aromatic rings. The Labute approximate surface area is 197 Å². The normalized spacial score (nSPS) is 12.7. The summed E-state index contributed by atoms with van der Waals surface area (Å²) in [5.41, 5.74) is 3.28. The van der Waals surface area contributed by atoms with Crippen LogP contribution in [0.5, 0.6) is 11.5 Å². The van der Waals surface area contributed by atoms with Crippen LogP contribution in [-0.2, 0) is 18.3 Å². The van der Waals surface area contributed by atoms with Crippen molar-refractivity contribution in [2.75, 3.05) is 33.0 Å². The number of ether oxygens (including phenoxy) is 3. The zero-order valence-corrected chi connectivity index (χ0v) is 21.4. The second-order valence-electron chi connectivity index (χ2n) is 8.19. The van der Waals surface area contributed by atoms with Crippen LogP contribution in [0, 0.1) is 19.8 Å². The maximum absolute atomic E-state index is 12.6. The van der Waals surface area contributed by atoms with Crippen molar-refractivity contribution in [3.05, 3.63) is 58.7 Å². The van der Waals surface area contributed by atoms with Gasteiger partial charge < -0.3 is 28.4 Å². The van der Waals surface area contributed by atoms with Gasteiger partial charge in [0, 0.05) is 0 Å². The van der Waals surface area contributed by atoms with Crippen molar-refractivity contribution in [3.8, 4) is 11.5 Å². The summed E-state index contributed by atoms with van der Waals surface area (Å²) in [7, 11) is -3.31. The molecule has 8 heteroatoms. The fourth-order valence-corrected chi connectivity index (χ4v) is 4.73. The van der Waals surface area contributed by atoms with Gasteiger partial charge in [-0.05, 0) is 80.1 Å². The van der Waals surface area contributed by atoms with Crippen molar-refractivity contribution in [1.82, 2.24) is 0 Å². The molecule has 1 atom stereocenters. The number of hydrogen-bond acceptors (Lipinski definition) is 7. The van der Waals surface area contributed by atoms with Crippen LogP contribution in [0.1, 0.15) is 56.1 Å². The Morgan fingerprint density at radius 2 is 1.48 bits per heavy atom. The summed E-state index contributed by atoms with van der Waals surface area (Å²) in [4.78, 5) is 0. The molecule has 0 saturated heterocycles. The third kappa shape index (κ3) is 8.43. The molecular weight excluding hydrogens is 443 g/mol. The number of aliphatic hydroxyl groups excluding tert-OH is 1. The summed E-state index contributed by atoms with van der Waals surface area (Å²) in [6, 6.07) is 10.9. The number of aryl methyl sites for hydroxylation is 2. The highest BCUT2D eigenvalue weighted by molar-refractivity contribution is 7.53. The molecule has 0 heterocycles. The predicted octanol–water partition coefficient (Wildman–Crippen LogP) is 6.00. The first-order valence-electron chi connectivity index (χ1n) is 11.3. The van der Waals surface area contributed by atoms with Crippen LogP contribution >= 0.6 is 7.60 Å². The van der Waals surface area contributed by atoms with Gasteiger partial charge in [-0.2, -0.15) is 0 Å². The molecule has 0 aliphatic carbocycles. The molecule has 0 saturated carbocycles. The first-order chi connectivity index (χ1) is 15.7. The topological polar surface area (TPSA) is 83.5 Å². The lowest BCUT2D eigenvalue weighted by molar-refractivity contribution is 0.00270. The fraction of sp³-hybridized carbons (Fsp3) is 0.520. The van der Waals surface area contributed by atoms with Crippen LogP contribution in [0.3, 0.4) is 0 Å². The molecule has 0 aromatic heterocycles. The van der Waals surface area contributed by atoms with E-state index in [1.54, 1.807) is 13.8 Å². The molecule has 0 amide bonds. The van der Waals surface area contributed by atoms with E-state index in [0.29, 0.717) is 24.0 Å². The van der Waals surface area contributed by atoms with Crippen LogP contribution < -0.4 is 9.47 Å². The largest absolute Gasteiger partial charge is 0.481 e. The highest BCUT2D eigenvalue weighted by atomic mass is 31.2. The van der Waals surface area contributed by atoms with Gasteiger partial charge in [0.25, 0.3) is 0 Å². The van der Waals surface area contributed by atoms with Gasteiger partial charge in [-0.25, -0.2) is 0 Å². The number of rotatable bonds is 14. The van der Waals surface area contributed by atoms with Crippen LogP contribution in [-0.4, -0.2) is 38.1 Å². The van der Waals surface area contributed by atoms with Gasteiger partial charge in [-0.3, -0.25) is 4.57 Å². The average Bonchev–Trinajstić information content (AvgIpc) is 2.75. The van der Waals surface area contributed by atoms with Crippen molar-refractivity contribution in [2.45, 2.75) is 47.6 Å². The molecule has 0 fully saturated rings. The Morgan fingerprint density at radius 1 is 0.909 bits per heavy atom. The standard InChI is InChI=1S/C25H37O7P/c1-7-31-33(27,32-8-2)17-30-23-13-19(5)24(20(6)14-23)25(26)21-9-11-22(12-10-21)29-16-28-15-18(3)4/h9-14,18,25-26H,7-8,15-17H2,1-6H3. The molecule has 1 N–H and O–H groups in total. The maximum Gasteiger partial charge on any atom is 0.367 e. The minimum atomic E-state index is -3.31. The molecule has 0 bridgehead atoms. The molecular formula is C25H37O7P. The van der Waals surface area contributed by atoms with Crippen molar-refractivity contribution < 1.29 is 32.9 Å². The second kappa shape index (κ2) is 13.1. The van der Waals surface area contributed by atoms with Gasteiger partial charge in [0.2, 0.25) is 0 Å². The van der Waals surface area contributed by atoms with Gasteiger partial charge in [0.05, 0.1) is 19.8 Å². The molecule has 0 aliphatic heterocycles. The number of hydrogen-bond donors (Lipinski definition) is 1. The monoisotopic (exact) mass is 480 g/mol. The first-order valence-corrected chi connectivity index (χ1v) is 13.0. The van der Waals surface area contributed by atoms with Gasteiger partial charge in [0.15, 0.2) is 13.1 Å². The molecule has 7 nitrogen and oxygen atoms in total. The Bertz CT molecular complexity index is 878. The average molecular weight is 481 g/mol. The van der Waals surface area contributed by atoms with E-state index in [2.05, 4.69) is 13.8 Å². The zero-order valence-electron chi connectivity index (χ0n) is 20.5. The Hall–Kier alpha value is -1.89. The summed E-state index contributed by atoms with van der Waals surface area (Å²) < 4.78 is 39.9. The highest BCUT2D eigenvalue weighted by Gasteiger charge is 2.25. The van der Waals surface area contributed by atoms with Gasteiger partial charge in [0.1, 0.15) is 17.6 Å². The lowest BCUT2D eigenvalue weighted by Crippen LogP contribution is -2.09. The van der Waals surface area contributed by atoms with Crippen molar-refractivity contribution in [3.63, 3.8) is 0 Å². The minimum absolute atomic E-state index is 0.169. The van der Waals surface area contributed by atoms with E-state index in [1.165, 1.54) is 0 Å². The zero-order chi connectivity index (χ0) is 24.4. The van der Waals surface area contributed by atoms with E-state index in [1.807, 2.05) is 50.2 Å². The van der Waals surface area contributed by atoms with E-state index < -0.39 is 13.7 Å². The van der Waals surface area contributed by atoms with Crippen LogP contribution in [0.4, 0.5) is 0 Å². The van der Waals surface area contributed by atoms with E-state index in [9.17, 15) is 9.67 Å². The van der Waals surface area contributed by atoms with Gasteiger partial charge in [-0.15, -0.1) is 0 Å². The molecule has 184 valence electrons. The predicted molar refractivity (Wildman–Crippen MR) is 129 cm³/mol. The van der Waals surface area contributed by atoms with Crippen molar-refractivity contribution >= 4 is 7.60 Å². The first kappa shape index (κ1) is 27.4. The van der Waals surface area contributed by atoms with Crippen LogP contribution in [0.25, 0.3) is 0 Å². The third-order valence-electron chi connectivity index (χ3n) is 4.84. The molecule has 2 rings (SSSR count). The van der Waals surface area contributed by atoms with E-state index in [0.717, 1.165) is 22.3 Å². The molecule has 0 aliphatic rings. The van der Waals surface area contributed by atoms with E-state index in [4.69, 9.17) is 23.3 Å². The smallest absolute Gasteiger partial charge is 0.367 e. The third-order valence-corrected chi connectivity index (χ3v) is 6.59. The Balaban J connectivity index is 2.07. The molecule has 2 aromatic carbocycles. The summed E-state index contributed by atoms with van der Waals surface area (Å²) >= 11 is 0. The SMILES string of the molecule is CCOP(=O)(COc1cc(C)c(C(O)c2ccc(OCOCC(C)C)cc2)c(C)c1)OCC. The van der Waals surface area contributed by atoms with Crippen molar-refractivity contribution in [1.29, 1.82) is 0 Å². The van der Waals surface area contributed by atoms with Crippen molar-refractivity contribution in [2.24, 2.45) is 5.92 Å². The highest BCUT2D eigenvalue weighted by Crippen LogP contribution is 2.48. The lowest BCUT2D eigenvalue weighted by atomic mass is 9.93. The van der Waals surface area contributed by atoms with Crippen LogP contribution in [0.15, 0.2) is 36.4 Å². The molecule has 33 heavy (non-hydrogen) atoms. The Morgan fingerprint density at radius 3 is 2.00 bits per heavy atom. The quantitative estimate of drug-likeness (QED) is 0.202. The van der Waals surface area contributed by atoms with E-state index >= 15 is 0 Å². The Kier molecular flexibility index (Phi) is 10.9.